The summed E-state index contributed by atoms with van der Waals surface area (Å²) in [7, 11) is 0. The van der Waals surface area contributed by atoms with Gasteiger partial charge in [0.05, 0.1) is 5.41 Å². The first kappa shape index (κ1) is 34.5. The lowest BCUT2D eigenvalue weighted by molar-refractivity contribution is 0.660. The maximum Gasteiger partial charge on any atom is 0.0714 e. The molecular formula is C56H43N. The molecule has 1 heteroatoms. The molecule has 0 heterocycles. The Morgan fingerprint density at radius 2 is 0.912 bits per heavy atom. The van der Waals surface area contributed by atoms with Gasteiger partial charge in [-0.05, 0) is 120 Å². The number of hydrogen-bond acceptors (Lipinski definition) is 1. The Bertz CT molecular complexity index is 2810. The number of rotatable bonds is 8. The topological polar surface area (TPSA) is 3.24 Å². The number of anilines is 3. The summed E-state index contributed by atoms with van der Waals surface area (Å²) in [6.07, 6.45) is 3.84. The van der Waals surface area contributed by atoms with E-state index in [2.05, 4.69) is 220 Å². The Kier molecular flexibility index (Phi) is 8.09. The third-order valence-corrected chi connectivity index (χ3v) is 12.5. The summed E-state index contributed by atoms with van der Waals surface area (Å²) in [5, 5.41) is 0. The molecule has 10 rings (SSSR count). The Morgan fingerprint density at radius 1 is 0.386 bits per heavy atom. The van der Waals surface area contributed by atoms with E-state index in [1.54, 1.807) is 0 Å². The van der Waals surface area contributed by atoms with Gasteiger partial charge < -0.3 is 4.90 Å². The van der Waals surface area contributed by atoms with E-state index >= 15 is 0 Å². The fraction of sp³-hybridized carbons (Fsp3) is 0.0714. The van der Waals surface area contributed by atoms with Gasteiger partial charge in [-0.25, -0.2) is 0 Å². The molecule has 0 bridgehead atoms. The lowest BCUT2D eigenvalue weighted by Gasteiger charge is -2.35. The van der Waals surface area contributed by atoms with Crippen molar-refractivity contribution in [3.05, 3.63) is 246 Å². The second-order valence-electron chi connectivity index (χ2n) is 15.8. The van der Waals surface area contributed by atoms with Crippen LogP contribution in [0.3, 0.4) is 0 Å². The third-order valence-electron chi connectivity index (χ3n) is 12.5. The van der Waals surface area contributed by atoms with E-state index in [0.29, 0.717) is 0 Å². The second-order valence-corrected chi connectivity index (χ2v) is 15.8. The van der Waals surface area contributed by atoms with Crippen LogP contribution in [0.25, 0.3) is 45.5 Å². The standard InChI is InChI=1S/C56H43N/c1-5-38-26-28-44(34-39(38)6-2)57(45-29-31-48-47-24-16-17-25-51(47)55(3,4)53(48)36-45)46-30-32-49-50-35-41(40-18-10-7-11-19-40)27-33-52(50)56(54(49)37-46,42-20-12-8-13-21-42)43-22-14-9-15-23-43/h5-37H,1-2H2,3-4H3. The highest BCUT2D eigenvalue weighted by atomic mass is 15.1. The first-order valence-corrected chi connectivity index (χ1v) is 19.8. The van der Waals surface area contributed by atoms with Crippen LogP contribution in [0.2, 0.25) is 0 Å². The highest BCUT2D eigenvalue weighted by molar-refractivity contribution is 5.92. The molecule has 0 unspecified atom stereocenters. The molecule has 1 nitrogen and oxygen atoms in total. The highest BCUT2D eigenvalue weighted by Crippen LogP contribution is 2.58. The van der Waals surface area contributed by atoms with E-state index < -0.39 is 5.41 Å². The van der Waals surface area contributed by atoms with Gasteiger partial charge in [0.1, 0.15) is 0 Å². The van der Waals surface area contributed by atoms with E-state index in [4.69, 9.17) is 0 Å². The van der Waals surface area contributed by atoms with Crippen molar-refractivity contribution in [2.45, 2.75) is 24.7 Å². The predicted octanol–water partition coefficient (Wildman–Crippen LogP) is 14.8. The van der Waals surface area contributed by atoms with Crippen LogP contribution >= 0.6 is 0 Å². The summed E-state index contributed by atoms with van der Waals surface area (Å²) < 4.78 is 0. The normalized spacial score (nSPS) is 13.9. The van der Waals surface area contributed by atoms with Crippen molar-refractivity contribution in [2.75, 3.05) is 4.90 Å². The fourth-order valence-corrected chi connectivity index (χ4v) is 9.77. The molecule has 0 aromatic heterocycles. The maximum atomic E-state index is 4.19. The molecule has 0 saturated carbocycles. The lowest BCUT2D eigenvalue weighted by Crippen LogP contribution is -2.28. The molecule has 0 spiro atoms. The van der Waals surface area contributed by atoms with Gasteiger partial charge in [0.2, 0.25) is 0 Å². The van der Waals surface area contributed by atoms with Crippen molar-refractivity contribution in [1.29, 1.82) is 0 Å². The maximum absolute atomic E-state index is 4.19. The summed E-state index contributed by atoms with van der Waals surface area (Å²) >= 11 is 0. The van der Waals surface area contributed by atoms with Crippen molar-refractivity contribution in [3.63, 3.8) is 0 Å². The smallest absolute Gasteiger partial charge is 0.0714 e. The second kappa shape index (κ2) is 13.4. The third kappa shape index (κ3) is 5.23. The quantitative estimate of drug-likeness (QED) is 0.151. The molecule has 8 aromatic carbocycles. The minimum absolute atomic E-state index is 0.140. The van der Waals surface area contributed by atoms with Crippen LogP contribution < -0.4 is 4.90 Å². The molecule has 57 heavy (non-hydrogen) atoms. The Morgan fingerprint density at radius 3 is 1.56 bits per heavy atom. The van der Waals surface area contributed by atoms with Crippen LogP contribution in [0.1, 0.15) is 58.4 Å². The fourth-order valence-electron chi connectivity index (χ4n) is 9.77. The highest BCUT2D eigenvalue weighted by Gasteiger charge is 2.46. The van der Waals surface area contributed by atoms with Crippen molar-refractivity contribution in [3.8, 4) is 33.4 Å². The van der Waals surface area contributed by atoms with Crippen molar-refractivity contribution in [1.82, 2.24) is 0 Å². The van der Waals surface area contributed by atoms with Gasteiger partial charge in [0.25, 0.3) is 0 Å². The minimum Gasteiger partial charge on any atom is -0.310 e. The summed E-state index contributed by atoms with van der Waals surface area (Å²) in [6, 6.07) is 69.6. The van der Waals surface area contributed by atoms with E-state index in [-0.39, 0.29) is 5.41 Å². The van der Waals surface area contributed by atoms with Crippen molar-refractivity contribution in [2.24, 2.45) is 0 Å². The molecule has 0 saturated heterocycles. The minimum atomic E-state index is -0.551. The van der Waals surface area contributed by atoms with Gasteiger partial charge in [-0.1, -0.05) is 185 Å². The summed E-state index contributed by atoms with van der Waals surface area (Å²) in [4.78, 5) is 2.43. The average molecular weight is 730 g/mol. The number of fused-ring (bicyclic) bond motifs is 6. The molecule has 2 aliphatic rings. The summed E-state index contributed by atoms with van der Waals surface area (Å²) in [5.41, 5.74) is 20.0. The zero-order valence-corrected chi connectivity index (χ0v) is 32.4. The molecule has 0 aliphatic heterocycles. The van der Waals surface area contributed by atoms with E-state index in [9.17, 15) is 0 Å². The van der Waals surface area contributed by atoms with Crippen LogP contribution in [-0.4, -0.2) is 0 Å². The van der Waals surface area contributed by atoms with Crippen LogP contribution in [0.5, 0.6) is 0 Å². The molecule has 0 fully saturated rings. The molecule has 0 radical (unpaired) electrons. The molecule has 2 aliphatic carbocycles. The predicted molar refractivity (Wildman–Crippen MR) is 242 cm³/mol. The average Bonchev–Trinajstić information content (AvgIpc) is 3.69. The number of nitrogens with zero attached hydrogens (tertiary/aromatic N) is 1. The van der Waals surface area contributed by atoms with Gasteiger partial charge in [0.15, 0.2) is 0 Å². The van der Waals surface area contributed by atoms with Gasteiger partial charge in [-0.3, -0.25) is 0 Å². The zero-order valence-electron chi connectivity index (χ0n) is 32.4. The monoisotopic (exact) mass is 729 g/mol. The van der Waals surface area contributed by atoms with Crippen molar-refractivity contribution < 1.29 is 0 Å². The molecule has 8 aromatic rings. The Labute approximate surface area is 336 Å². The molecule has 272 valence electrons. The van der Waals surface area contributed by atoms with Gasteiger partial charge >= 0.3 is 0 Å². The molecular weight excluding hydrogens is 687 g/mol. The van der Waals surface area contributed by atoms with Crippen LogP contribution in [0, 0.1) is 0 Å². The SMILES string of the molecule is C=Cc1ccc(N(c2ccc3c(c2)C(C)(C)c2ccccc2-3)c2ccc3c(c2)C(c2ccccc2)(c2ccccc2)c2ccc(-c4ccccc4)cc2-3)cc1C=C. The first-order valence-electron chi connectivity index (χ1n) is 19.8. The number of benzene rings is 8. The molecule has 0 N–H and O–H groups in total. The largest absolute Gasteiger partial charge is 0.310 e. The van der Waals surface area contributed by atoms with Gasteiger partial charge in [-0.15, -0.1) is 0 Å². The van der Waals surface area contributed by atoms with E-state index in [0.717, 1.165) is 28.2 Å². The van der Waals surface area contributed by atoms with Crippen LogP contribution in [-0.2, 0) is 10.8 Å². The molecule has 0 amide bonds. The molecule has 0 atom stereocenters. The van der Waals surface area contributed by atoms with E-state index in [1.807, 2.05) is 12.2 Å². The lowest BCUT2D eigenvalue weighted by atomic mass is 9.67. The van der Waals surface area contributed by atoms with Crippen LogP contribution in [0.15, 0.2) is 201 Å². The zero-order chi connectivity index (χ0) is 38.7. The summed E-state index contributed by atoms with van der Waals surface area (Å²) in [6.45, 7) is 13.0. The van der Waals surface area contributed by atoms with Crippen LogP contribution in [0.4, 0.5) is 17.1 Å². The van der Waals surface area contributed by atoms with Crippen molar-refractivity contribution >= 4 is 29.2 Å². The Hall–Kier alpha value is -6.96. The Balaban J connectivity index is 1.25. The van der Waals surface area contributed by atoms with Gasteiger partial charge in [0, 0.05) is 22.5 Å². The summed E-state index contributed by atoms with van der Waals surface area (Å²) in [5.74, 6) is 0. The first-order chi connectivity index (χ1) is 27.9. The number of hydrogen-bond donors (Lipinski definition) is 0. The van der Waals surface area contributed by atoms with Gasteiger partial charge in [-0.2, -0.15) is 0 Å². The van der Waals surface area contributed by atoms with E-state index in [1.165, 1.54) is 66.8 Å².